The number of hydrogen-bond acceptors (Lipinski definition) is 3. The van der Waals surface area contributed by atoms with Gasteiger partial charge in [-0.2, -0.15) is 0 Å². The third kappa shape index (κ3) is 7.71. The summed E-state index contributed by atoms with van der Waals surface area (Å²) in [6.07, 6.45) is 0.287. The number of hydrogen-bond donors (Lipinski definition) is 2. The lowest BCUT2D eigenvalue weighted by Gasteiger charge is -2.27. The normalized spacial score (nSPS) is 11.6. The number of rotatable bonds is 7. The van der Waals surface area contributed by atoms with Crippen molar-refractivity contribution in [2.45, 2.75) is 58.8 Å². The van der Waals surface area contributed by atoms with Gasteiger partial charge in [-0.05, 0) is 51.8 Å². The number of nitrogens with one attached hydrogen (secondary N) is 2. The van der Waals surface area contributed by atoms with Crippen LogP contribution in [0.2, 0.25) is 0 Å². The van der Waals surface area contributed by atoms with Gasteiger partial charge in [-0.15, -0.1) is 0 Å². The molecule has 2 amide bonds. The second-order valence-electron chi connectivity index (χ2n) is 10.8. The fourth-order valence-electron chi connectivity index (χ4n) is 3.71. The summed E-state index contributed by atoms with van der Waals surface area (Å²) in [5.74, 6) is 0.330. The van der Waals surface area contributed by atoms with E-state index in [1.54, 1.807) is 24.3 Å². The summed E-state index contributed by atoms with van der Waals surface area (Å²) in [5, 5.41) is 5.74. The molecule has 5 nitrogen and oxygen atoms in total. The van der Waals surface area contributed by atoms with E-state index >= 15 is 0 Å². The molecule has 0 aromatic heterocycles. The lowest BCUT2D eigenvalue weighted by molar-refractivity contribution is -0.118. The van der Waals surface area contributed by atoms with E-state index in [1.807, 2.05) is 36.4 Å². The number of carbonyl (C=O) groups is 2. The first-order valence-electron chi connectivity index (χ1n) is 11.9. The van der Waals surface area contributed by atoms with Gasteiger partial charge in [-0.1, -0.05) is 90.1 Å². The Kier molecular flexibility index (Phi) is 8.00. The molecule has 0 unspecified atom stereocenters. The molecular formula is C30H36N2O3. The Labute approximate surface area is 208 Å². The van der Waals surface area contributed by atoms with E-state index in [0.717, 1.165) is 11.1 Å². The predicted molar refractivity (Wildman–Crippen MR) is 143 cm³/mol. The molecule has 3 aromatic carbocycles. The smallest absolute Gasteiger partial charge is 0.262 e. The molecule has 0 fully saturated rings. The highest BCUT2D eigenvalue weighted by Gasteiger charge is 2.23. The van der Waals surface area contributed by atoms with Gasteiger partial charge in [0.15, 0.2) is 6.61 Å². The Hall–Kier alpha value is -3.60. The van der Waals surface area contributed by atoms with Crippen LogP contribution in [-0.2, 0) is 26.8 Å². The highest BCUT2D eigenvalue weighted by molar-refractivity contribution is 5.95. The van der Waals surface area contributed by atoms with Gasteiger partial charge < -0.3 is 15.4 Å². The molecule has 184 valence electrons. The first kappa shape index (κ1) is 26.0. The van der Waals surface area contributed by atoms with Crippen LogP contribution < -0.4 is 15.4 Å². The van der Waals surface area contributed by atoms with Crippen molar-refractivity contribution >= 4 is 23.2 Å². The molecule has 35 heavy (non-hydrogen) atoms. The van der Waals surface area contributed by atoms with Crippen molar-refractivity contribution in [2.24, 2.45) is 0 Å². The quantitative estimate of drug-likeness (QED) is 0.413. The number of carbonyl (C=O) groups excluding carboxylic acids is 2. The third-order valence-corrected chi connectivity index (χ3v) is 5.65. The minimum Gasteiger partial charge on any atom is -0.483 e. The summed E-state index contributed by atoms with van der Waals surface area (Å²) >= 11 is 0. The van der Waals surface area contributed by atoms with Crippen molar-refractivity contribution < 1.29 is 14.3 Å². The van der Waals surface area contributed by atoms with Gasteiger partial charge in [-0.25, -0.2) is 0 Å². The maximum atomic E-state index is 12.6. The maximum Gasteiger partial charge on any atom is 0.262 e. The minimum atomic E-state index is -0.266. The van der Waals surface area contributed by atoms with E-state index in [2.05, 4.69) is 64.3 Å². The standard InChI is InChI=1S/C30H36N2O3/c1-29(2,3)22-15-16-26(25(18-22)30(4,5)6)35-20-28(34)32-24-14-10-13-23(19-24)31-27(33)17-21-11-8-7-9-12-21/h7-16,18-19H,17,20H2,1-6H3,(H,31,33)(H,32,34). The van der Waals surface area contributed by atoms with Crippen LogP contribution in [-0.4, -0.2) is 18.4 Å². The topological polar surface area (TPSA) is 67.4 Å². The van der Waals surface area contributed by atoms with Crippen molar-refractivity contribution in [3.8, 4) is 5.75 Å². The number of benzene rings is 3. The second kappa shape index (κ2) is 10.8. The van der Waals surface area contributed by atoms with E-state index in [0.29, 0.717) is 17.1 Å². The number of amides is 2. The fraction of sp³-hybridized carbons (Fsp3) is 0.333. The monoisotopic (exact) mass is 472 g/mol. The Morgan fingerprint density at radius 3 is 1.94 bits per heavy atom. The summed E-state index contributed by atoms with van der Waals surface area (Å²) in [5.41, 5.74) is 4.35. The predicted octanol–water partition coefficient (Wildman–Crippen LogP) is 6.48. The molecule has 3 rings (SSSR count). The van der Waals surface area contributed by atoms with E-state index in [-0.39, 0.29) is 35.7 Å². The lowest BCUT2D eigenvalue weighted by Crippen LogP contribution is -2.23. The van der Waals surface area contributed by atoms with Crippen LogP contribution in [0.15, 0.2) is 72.8 Å². The highest BCUT2D eigenvalue weighted by atomic mass is 16.5. The summed E-state index contributed by atoms with van der Waals surface area (Å²) in [6, 6.07) is 22.9. The van der Waals surface area contributed by atoms with Gasteiger partial charge in [0.05, 0.1) is 6.42 Å². The lowest BCUT2D eigenvalue weighted by atomic mass is 9.80. The molecule has 0 aliphatic rings. The maximum absolute atomic E-state index is 12.6. The van der Waals surface area contributed by atoms with Crippen LogP contribution in [0.4, 0.5) is 11.4 Å². The molecule has 0 saturated heterocycles. The molecule has 0 bridgehead atoms. The van der Waals surface area contributed by atoms with E-state index in [9.17, 15) is 9.59 Å². The van der Waals surface area contributed by atoms with Gasteiger partial charge in [0, 0.05) is 11.4 Å². The highest BCUT2D eigenvalue weighted by Crippen LogP contribution is 2.35. The molecule has 5 heteroatoms. The van der Waals surface area contributed by atoms with Gasteiger partial charge in [0.2, 0.25) is 5.91 Å². The number of anilines is 2. The van der Waals surface area contributed by atoms with E-state index < -0.39 is 0 Å². The first-order valence-corrected chi connectivity index (χ1v) is 11.9. The minimum absolute atomic E-state index is 0.0252. The SMILES string of the molecule is CC(C)(C)c1ccc(OCC(=O)Nc2cccc(NC(=O)Cc3ccccc3)c2)c(C(C)(C)C)c1. The average Bonchev–Trinajstić information content (AvgIpc) is 2.77. The van der Waals surface area contributed by atoms with Gasteiger partial charge >= 0.3 is 0 Å². The Bertz CT molecular complexity index is 1170. The van der Waals surface area contributed by atoms with Crippen LogP contribution in [0.5, 0.6) is 5.75 Å². The Morgan fingerprint density at radius 1 is 0.714 bits per heavy atom. The van der Waals surface area contributed by atoms with Crippen LogP contribution in [0, 0.1) is 0 Å². The largest absolute Gasteiger partial charge is 0.483 e. The zero-order valence-electron chi connectivity index (χ0n) is 21.6. The van der Waals surface area contributed by atoms with E-state index in [1.165, 1.54) is 5.56 Å². The molecule has 0 radical (unpaired) electrons. The second-order valence-corrected chi connectivity index (χ2v) is 10.8. The fourth-order valence-corrected chi connectivity index (χ4v) is 3.71. The Morgan fingerprint density at radius 2 is 1.34 bits per heavy atom. The molecule has 0 aliphatic carbocycles. The molecular weight excluding hydrogens is 436 g/mol. The van der Waals surface area contributed by atoms with Crippen molar-refractivity contribution in [3.63, 3.8) is 0 Å². The van der Waals surface area contributed by atoms with Crippen LogP contribution >= 0.6 is 0 Å². The van der Waals surface area contributed by atoms with Gasteiger partial charge in [-0.3, -0.25) is 9.59 Å². The molecule has 2 N–H and O–H groups in total. The average molecular weight is 473 g/mol. The molecule has 0 spiro atoms. The van der Waals surface area contributed by atoms with Gasteiger partial charge in [0.1, 0.15) is 5.75 Å². The first-order chi connectivity index (χ1) is 16.4. The van der Waals surface area contributed by atoms with Crippen molar-refractivity contribution in [1.82, 2.24) is 0 Å². The zero-order valence-corrected chi connectivity index (χ0v) is 21.6. The summed E-state index contributed by atoms with van der Waals surface area (Å²) in [7, 11) is 0. The molecule has 3 aromatic rings. The van der Waals surface area contributed by atoms with Crippen molar-refractivity contribution in [3.05, 3.63) is 89.5 Å². The summed E-state index contributed by atoms with van der Waals surface area (Å²) in [6.45, 7) is 12.9. The summed E-state index contributed by atoms with van der Waals surface area (Å²) < 4.78 is 5.94. The molecule has 0 atom stereocenters. The van der Waals surface area contributed by atoms with Crippen molar-refractivity contribution in [1.29, 1.82) is 0 Å². The van der Waals surface area contributed by atoms with Gasteiger partial charge in [0.25, 0.3) is 5.91 Å². The summed E-state index contributed by atoms with van der Waals surface area (Å²) in [4.78, 5) is 25.0. The molecule has 0 saturated carbocycles. The van der Waals surface area contributed by atoms with Crippen LogP contribution in [0.1, 0.15) is 58.2 Å². The zero-order chi connectivity index (χ0) is 25.6. The van der Waals surface area contributed by atoms with Crippen molar-refractivity contribution in [2.75, 3.05) is 17.2 Å². The van der Waals surface area contributed by atoms with Crippen LogP contribution in [0.25, 0.3) is 0 Å². The van der Waals surface area contributed by atoms with E-state index in [4.69, 9.17) is 4.74 Å². The molecule has 0 aliphatic heterocycles. The number of ether oxygens (including phenoxy) is 1. The van der Waals surface area contributed by atoms with Crippen LogP contribution in [0.3, 0.4) is 0 Å². The molecule has 0 heterocycles. The Balaban J connectivity index is 1.62. The third-order valence-electron chi connectivity index (χ3n) is 5.65.